The lowest BCUT2D eigenvalue weighted by molar-refractivity contribution is -0.114. The van der Waals surface area contributed by atoms with Crippen LogP contribution in [0.1, 0.15) is 52.4 Å². The second kappa shape index (κ2) is 8.24. The standard InChI is InChI=1S/C11H22O2/c1-3-5-7-10(9-12)11(13)8-6-4-2/h9-11,13H,3-8H2,1-2H3/t10-,11+/m1/s1. The average molecular weight is 186 g/mol. The van der Waals surface area contributed by atoms with Crippen LogP contribution in [0, 0.1) is 5.92 Å². The molecule has 0 radical (unpaired) electrons. The van der Waals surface area contributed by atoms with E-state index in [1.54, 1.807) is 0 Å². The summed E-state index contributed by atoms with van der Waals surface area (Å²) in [5, 5.41) is 9.64. The Balaban J connectivity index is 3.70. The van der Waals surface area contributed by atoms with E-state index in [-0.39, 0.29) is 5.92 Å². The van der Waals surface area contributed by atoms with E-state index in [0.29, 0.717) is 0 Å². The smallest absolute Gasteiger partial charge is 0.125 e. The van der Waals surface area contributed by atoms with Gasteiger partial charge in [-0.1, -0.05) is 39.5 Å². The molecule has 0 unspecified atom stereocenters. The molecule has 0 aromatic heterocycles. The van der Waals surface area contributed by atoms with Crippen LogP contribution >= 0.6 is 0 Å². The van der Waals surface area contributed by atoms with Gasteiger partial charge in [-0.3, -0.25) is 0 Å². The molecule has 0 aromatic rings. The summed E-state index contributed by atoms with van der Waals surface area (Å²) in [6.45, 7) is 4.19. The lowest BCUT2D eigenvalue weighted by Gasteiger charge is -2.16. The third-order valence-corrected chi connectivity index (χ3v) is 2.41. The van der Waals surface area contributed by atoms with Gasteiger partial charge in [0.1, 0.15) is 6.29 Å². The first-order valence-corrected chi connectivity index (χ1v) is 5.39. The largest absolute Gasteiger partial charge is 0.392 e. The van der Waals surface area contributed by atoms with E-state index in [1.807, 2.05) is 0 Å². The highest BCUT2D eigenvalue weighted by Crippen LogP contribution is 2.15. The maximum Gasteiger partial charge on any atom is 0.125 e. The fourth-order valence-corrected chi connectivity index (χ4v) is 1.42. The zero-order valence-electron chi connectivity index (χ0n) is 8.83. The molecule has 0 saturated carbocycles. The third kappa shape index (κ3) is 5.81. The van der Waals surface area contributed by atoms with Gasteiger partial charge in [0.15, 0.2) is 0 Å². The van der Waals surface area contributed by atoms with Gasteiger partial charge in [0, 0.05) is 5.92 Å². The lowest BCUT2D eigenvalue weighted by Crippen LogP contribution is -2.21. The number of aliphatic hydroxyl groups is 1. The second-order valence-electron chi connectivity index (χ2n) is 3.65. The summed E-state index contributed by atoms with van der Waals surface area (Å²) < 4.78 is 0. The quantitative estimate of drug-likeness (QED) is 0.591. The lowest BCUT2D eigenvalue weighted by atomic mass is 9.94. The highest BCUT2D eigenvalue weighted by molar-refractivity contribution is 5.54. The van der Waals surface area contributed by atoms with Crippen LogP contribution in [0.2, 0.25) is 0 Å². The minimum absolute atomic E-state index is 0.133. The molecule has 0 heterocycles. The molecule has 0 aliphatic rings. The predicted octanol–water partition coefficient (Wildman–Crippen LogP) is 2.54. The number of carbonyl (C=O) groups is 1. The maximum absolute atomic E-state index is 10.7. The first-order valence-electron chi connectivity index (χ1n) is 5.39. The number of unbranched alkanes of at least 4 members (excludes halogenated alkanes) is 2. The van der Waals surface area contributed by atoms with Gasteiger partial charge in [-0.15, -0.1) is 0 Å². The molecule has 0 aromatic carbocycles. The fourth-order valence-electron chi connectivity index (χ4n) is 1.42. The van der Waals surface area contributed by atoms with Crippen molar-refractivity contribution in [2.24, 2.45) is 5.92 Å². The van der Waals surface area contributed by atoms with Crippen LogP contribution in [0.15, 0.2) is 0 Å². The Morgan fingerprint density at radius 3 is 2.15 bits per heavy atom. The van der Waals surface area contributed by atoms with E-state index in [9.17, 15) is 9.90 Å². The zero-order valence-corrected chi connectivity index (χ0v) is 8.83. The van der Waals surface area contributed by atoms with Crippen LogP contribution < -0.4 is 0 Å². The number of hydrogen-bond acceptors (Lipinski definition) is 2. The summed E-state index contributed by atoms with van der Waals surface area (Å²) in [5.74, 6) is -0.133. The van der Waals surface area contributed by atoms with Crippen LogP contribution in [0.4, 0.5) is 0 Å². The maximum atomic E-state index is 10.7. The van der Waals surface area contributed by atoms with Crippen molar-refractivity contribution < 1.29 is 9.90 Å². The van der Waals surface area contributed by atoms with Gasteiger partial charge >= 0.3 is 0 Å². The van der Waals surface area contributed by atoms with Gasteiger partial charge in [-0.2, -0.15) is 0 Å². The molecule has 0 aliphatic heterocycles. The van der Waals surface area contributed by atoms with Gasteiger partial charge in [0.05, 0.1) is 6.10 Å². The van der Waals surface area contributed by atoms with Crippen molar-refractivity contribution >= 4 is 6.29 Å². The Hall–Kier alpha value is -0.370. The van der Waals surface area contributed by atoms with Crippen LogP contribution in [-0.4, -0.2) is 17.5 Å². The monoisotopic (exact) mass is 186 g/mol. The Bertz CT molecular complexity index is 123. The van der Waals surface area contributed by atoms with Crippen LogP contribution in [0.25, 0.3) is 0 Å². The summed E-state index contributed by atoms with van der Waals surface area (Å²) in [4.78, 5) is 10.7. The molecule has 0 amide bonds. The molecular weight excluding hydrogens is 164 g/mol. The van der Waals surface area contributed by atoms with E-state index in [1.165, 1.54) is 0 Å². The number of rotatable bonds is 8. The molecule has 0 fully saturated rings. The zero-order chi connectivity index (χ0) is 10.1. The van der Waals surface area contributed by atoms with E-state index in [2.05, 4.69) is 13.8 Å². The predicted molar refractivity (Wildman–Crippen MR) is 54.6 cm³/mol. The SMILES string of the molecule is CCCC[C@H](O)[C@@H](C=O)CCCC. The molecule has 0 saturated heterocycles. The van der Waals surface area contributed by atoms with Crippen LogP contribution in [0.3, 0.4) is 0 Å². The van der Waals surface area contributed by atoms with Crippen molar-refractivity contribution in [3.63, 3.8) is 0 Å². The molecule has 2 heteroatoms. The van der Waals surface area contributed by atoms with Crippen molar-refractivity contribution in [2.45, 2.75) is 58.5 Å². The molecule has 1 N–H and O–H groups in total. The van der Waals surface area contributed by atoms with Crippen molar-refractivity contribution in [1.82, 2.24) is 0 Å². The molecular formula is C11H22O2. The van der Waals surface area contributed by atoms with E-state index in [4.69, 9.17) is 0 Å². The first kappa shape index (κ1) is 12.6. The van der Waals surface area contributed by atoms with Crippen molar-refractivity contribution in [3.8, 4) is 0 Å². The van der Waals surface area contributed by atoms with Gasteiger partial charge in [-0.25, -0.2) is 0 Å². The van der Waals surface area contributed by atoms with Gasteiger partial charge in [0.2, 0.25) is 0 Å². The Kier molecular flexibility index (Phi) is 8.00. The first-order chi connectivity index (χ1) is 6.26. The number of aldehydes is 1. The average Bonchev–Trinajstić information content (AvgIpc) is 2.16. The Morgan fingerprint density at radius 2 is 1.69 bits per heavy atom. The highest BCUT2D eigenvalue weighted by Gasteiger charge is 2.16. The van der Waals surface area contributed by atoms with E-state index >= 15 is 0 Å². The molecule has 78 valence electrons. The molecule has 0 aliphatic carbocycles. The van der Waals surface area contributed by atoms with Gasteiger partial charge in [-0.05, 0) is 12.8 Å². The molecule has 2 atom stereocenters. The highest BCUT2D eigenvalue weighted by atomic mass is 16.3. The summed E-state index contributed by atoms with van der Waals surface area (Å²) in [6.07, 6.45) is 6.32. The van der Waals surface area contributed by atoms with Crippen molar-refractivity contribution in [2.75, 3.05) is 0 Å². The van der Waals surface area contributed by atoms with Crippen molar-refractivity contribution in [3.05, 3.63) is 0 Å². The minimum Gasteiger partial charge on any atom is -0.392 e. The van der Waals surface area contributed by atoms with Crippen LogP contribution in [0.5, 0.6) is 0 Å². The van der Waals surface area contributed by atoms with Crippen LogP contribution in [-0.2, 0) is 4.79 Å². The third-order valence-electron chi connectivity index (χ3n) is 2.41. The van der Waals surface area contributed by atoms with E-state index < -0.39 is 6.10 Å². The fraction of sp³-hybridized carbons (Fsp3) is 0.909. The summed E-state index contributed by atoms with van der Waals surface area (Å²) >= 11 is 0. The Labute approximate surface area is 81.3 Å². The van der Waals surface area contributed by atoms with Gasteiger partial charge < -0.3 is 9.90 Å². The summed E-state index contributed by atoms with van der Waals surface area (Å²) in [5.41, 5.74) is 0. The Morgan fingerprint density at radius 1 is 1.15 bits per heavy atom. The summed E-state index contributed by atoms with van der Waals surface area (Å²) in [6, 6.07) is 0. The number of carbonyl (C=O) groups excluding carboxylic acids is 1. The second-order valence-corrected chi connectivity index (χ2v) is 3.65. The summed E-state index contributed by atoms with van der Waals surface area (Å²) in [7, 11) is 0. The number of aliphatic hydroxyl groups excluding tert-OH is 1. The normalized spacial score (nSPS) is 15.3. The molecule has 0 rings (SSSR count). The molecule has 0 bridgehead atoms. The molecule has 2 nitrogen and oxygen atoms in total. The van der Waals surface area contributed by atoms with Crippen molar-refractivity contribution in [1.29, 1.82) is 0 Å². The molecule has 13 heavy (non-hydrogen) atoms. The number of hydrogen-bond donors (Lipinski definition) is 1. The van der Waals surface area contributed by atoms with Gasteiger partial charge in [0.25, 0.3) is 0 Å². The topological polar surface area (TPSA) is 37.3 Å². The molecule has 0 spiro atoms. The van der Waals surface area contributed by atoms with E-state index in [0.717, 1.165) is 44.8 Å². The minimum atomic E-state index is -0.413.